The number of carboxylic acids is 1. The Balaban J connectivity index is 1.85. The molecule has 2 rings (SSSR count). The number of para-hydroxylation sites is 2. The van der Waals surface area contributed by atoms with E-state index in [1.807, 2.05) is 6.92 Å². The lowest BCUT2D eigenvalue weighted by molar-refractivity contribution is -0.274. The molecule has 144 valence electrons. The fourth-order valence-corrected chi connectivity index (χ4v) is 2.80. The first kappa shape index (κ1) is 19.8. The van der Waals surface area contributed by atoms with E-state index in [1.54, 1.807) is 4.90 Å². The molecular weight excluding hydrogens is 355 g/mol. The Morgan fingerprint density at radius 1 is 1.31 bits per heavy atom. The molecule has 0 radical (unpaired) electrons. The highest BCUT2D eigenvalue weighted by atomic mass is 19.4. The third-order valence-electron chi connectivity index (χ3n) is 4.07. The second kappa shape index (κ2) is 8.26. The number of amides is 2. The van der Waals surface area contributed by atoms with E-state index in [9.17, 15) is 22.8 Å². The highest BCUT2D eigenvalue weighted by Crippen LogP contribution is 2.30. The van der Waals surface area contributed by atoms with Gasteiger partial charge in [0.1, 0.15) is 0 Å². The van der Waals surface area contributed by atoms with Crippen LogP contribution in [0.25, 0.3) is 0 Å². The van der Waals surface area contributed by atoms with Gasteiger partial charge in [-0.25, -0.2) is 4.79 Å². The van der Waals surface area contributed by atoms with Gasteiger partial charge in [-0.1, -0.05) is 19.1 Å². The quantitative estimate of drug-likeness (QED) is 0.682. The Hall–Kier alpha value is -2.49. The number of alkyl halides is 3. The van der Waals surface area contributed by atoms with Gasteiger partial charge in [-0.2, -0.15) is 0 Å². The van der Waals surface area contributed by atoms with Crippen molar-refractivity contribution in [1.29, 1.82) is 0 Å². The summed E-state index contributed by atoms with van der Waals surface area (Å²) >= 11 is 0. The molecule has 1 aliphatic carbocycles. The molecule has 1 aliphatic rings. The predicted octanol–water partition coefficient (Wildman–Crippen LogP) is 2.64. The molecule has 7 nitrogen and oxygen atoms in total. The molecule has 10 heteroatoms. The van der Waals surface area contributed by atoms with Gasteiger partial charge in [0.05, 0.1) is 12.2 Å². The van der Waals surface area contributed by atoms with Crippen molar-refractivity contribution in [3.63, 3.8) is 0 Å². The van der Waals surface area contributed by atoms with Gasteiger partial charge in [0, 0.05) is 12.1 Å². The van der Waals surface area contributed by atoms with Crippen LogP contribution in [0.5, 0.6) is 5.75 Å². The van der Waals surface area contributed by atoms with E-state index in [0.29, 0.717) is 19.4 Å². The Kier molecular flexibility index (Phi) is 6.30. The monoisotopic (exact) mass is 375 g/mol. The summed E-state index contributed by atoms with van der Waals surface area (Å²) < 4.78 is 41.0. The van der Waals surface area contributed by atoms with E-state index in [4.69, 9.17) is 5.11 Å². The van der Waals surface area contributed by atoms with Crippen molar-refractivity contribution in [1.82, 2.24) is 10.2 Å². The van der Waals surface area contributed by atoms with Gasteiger partial charge in [-0.15, -0.1) is 13.2 Å². The van der Waals surface area contributed by atoms with Crippen LogP contribution in [-0.2, 0) is 4.79 Å². The summed E-state index contributed by atoms with van der Waals surface area (Å²) in [6.45, 7) is 2.37. The lowest BCUT2D eigenvalue weighted by Gasteiger charge is -2.42. The molecule has 0 aromatic heterocycles. The number of aliphatic carboxylic acids is 1. The van der Waals surface area contributed by atoms with Gasteiger partial charge in [0.25, 0.3) is 0 Å². The highest BCUT2D eigenvalue weighted by Gasteiger charge is 2.35. The van der Waals surface area contributed by atoms with Crippen LogP contribution in [0.15, 0.2) is 24.3 Å². The average Bonchev–Trinajstić information content (AvgIpc) is 2.49. The summed E-state index contributed by atoms with van der Waals surface area (Å²) in [6.07, 6.45) is -3.70. The van der Waals surface area contributed by atoms with Crippen LogP contribution in [0.2, 0.25) is 0 Å². The van der Waals surface area contributed by atoms with Crippen molar-refractivity contribution in [2.75, 3.05) is 18.4 Å². The SMILES string of the molecule is CCN(CC(=O)O)C1CC(NC(=O)Nc2ccccc2OC(F)(F)F)C1. The smallest absolute Gasteiger partial charge is 0.480 e. The number of nitrogens with one attached hydrogen (secondary N) is 2. The van der Waals surface area contributed by atoms with Crippen LogP contribution in [0.4, 0.5) is 23.7 Å². The summed E-state index contributed by atoms with van der Waals surface area (Å²) in [6, 6.07) is 4.49. The van der Waals surface area contributed by atoms with Crippen molar-refractivity contribution >= 4 is 17.7 Å². The number of benzene rings is 1. The number of hydrogen-bond acceptors (Lipinski definition) is 4. The molecule has 0 unspecified atom stereocenters. The molecule has 0 bridgehead atoms. The van der Waals surface area contributed by atoms with Gasteiger partial charge < -0.3 is 20.5 Å². The minimum absolute atomic E-state index is 0.0576. The van der Waals surface area contributed by atoms with Crippen LogP contribution < -0.4 is 15.4 Å². The zero-order valence-electron chi connectivity index (χ0n) is 14.0. The second-order valence-corrected chi connectivity index (χ2v) is 5.92. The highest BCUT2D eigenvalue weighted by molar-refractivity contribution is 5.91. The third-order valence-corrected chi connectivity index (χ3v) is 4.07. The average molecular weight is 375 g/mol. The number of urea groups is 1. The van der Waals surface area contributed by atoms with Crippen molar-refractivity contribution in [3.05, 3.63) is 24.3 Å². The molecular formula is C16H20F3N3O4. The number of nitrogens with zero attached hydrogens (tertiary/aromatic N) is 1. The van der Waals surface area contributed by atoms with Crippen LogP contribution in [0, 0.1) is 0 Å². The van der Waals surface area contributed by atoms with E-state index in [0.717, 1.165) is 6.07 Å². The van der Waals surface area contributed by atoms with E-state index in [1.165, 1.54) is 18.2 Å². The Morgan fingerprint density at radius 2 is 1.96 bits per heavy atom. The van der Waals surface area contributed by atoms with Crippen molar-refractivity contribution in [3.8, 4) is 5.75 Å². The lowest BCUT2D eigenvalue weighted by Crippen LogP contribution is -2.55. The van der Waals surface area contributed by atoms with E-state index >= 15 is 0 Å². The van der Waals surface area contributed by atoms with Gasteiger partial charge in [-0.05, 0) is 31.5 Å². The molecule has 2 amide bonds. The molecule has 1 aromatic carbocycles. The number of halogens is 3. The maximum absolute atomic E-state index is 12.4. The Labute approximate surface area is 148 Å². The first-order chi connectivity index (χ1) is 12.2. The van der Waals surface area contributed by atoms with E-state index in [-0.39, 0.29) is 24.3 Å². The molecule has 0 aliphatic heterocycles. The molecule has 3 N–H and O–H groups in total. The largest absolute Gasteiger partial charge is 0.573 e. The number of rotatable bonds is 7. The van der Waals surface area contributed by atoms with Gasteiger partial charge in [0.15, 0.2) is 5.75 Å². The van der Waals surface area contributed by atoms with Crippen LogP contribution in [-0.4, -0.2) is 53.5 Å². The molecule has 0 spiro atoms. The third kappa shape index (κ3) is 5.80. The number of carboxylic acid groups (broad SMARTS) is 1. The molecule has 1 fully saturated rings. The second-order valence-electron chi connectivity index (χ2n) is 5.92. The molecule has 1 saturated carbocycles. The summed E-state index contributed by atoms with van der Waals surface area (Å²) in [5.41, 5.74) is -0.0979. The van der Waals surface area contributed by atoms with E-state index < -0.39 is 24.1 Å². The first-order valence-electron chi connectivity index (χ1n) is 8.06. The number of anilines is 1. The first-order valence-corrected chi connectivity index (χ1v) is 8.06. The number of carbonyl (C=O) groups excluding carboxylic acids is 1. The number of carbonyl (C=O) groups is 2. The minimum Gasteiger partial charge on any atom is -0.480 e. The van der Waals surface area contributed by atoms with Crippen LogP contribution in [0.3, 0.4) is 0 Å². The summed E-state index contributed by atoms with van der Waals surface area (Å²) in [7, 11) is 0. The maximum atomic E-state index is 12.4. The molecule has 0 atom stereocenters. The molecule has 26 heavy (non-hydrogen) atoms. The Bertz CT molecular complexity index is 648. The fraction of sp³-hybridized carbons (Fsp3) is 0.500. The summed E-state index contributed by atoms with van der Waals surface area (Å²) in [5, 5.41) is 13.8. The van der Waals surface area contributed by atoms with Crippen LogP contribution >= 0.6 is 0 Å². The normalized spacial score (nSPS) is 19.6. The van der Waals surface area contributed by atoms with Crippen LogP contribution in [0.1, 0.15) is 19.8 Å². The predicted molar refractivity (Wildman–Crippen MR) is 87.0 cm³/mol. The van der Waals surface area contributed by atoms with Crippen molar-refractivity contribution in [2.45, 2.75) is 38.2 Å². The number of ether oxygens (including phenoxy) is 1. The summed E-state index contributed by atoms with van der Waals surface area (Å²) in [5.74, 6) is -1.41. The Morgan fingerprint density at radius 3 is 2.54 bits per heavy atom. The van der Waals surface area contributed by atoms with Gasteiger partial charge >= 0.3 is 18.4 Å². The topological polar surface area (TPSA) is 90.9 Å². The number of likely N-dealkylation sites (N-methyl/N-ethyl adjacent to an activating group) is 1. The molecule has 0 saturated heterocycles. The van der Waals surface area contributed by atoms with Gasteiger partial charge in [0.2, 0.25) is 0 Å². The van der Waals surface area contributed by atoms with Crippen molar-refractivity contribution < 1.29 is 32.6 Å². The minimum atomic E-state index is -4.86. The number of hydrogen-bond donors (Lipinski definition) is 3. The van der Waals surface area contributed by atoms with E-state index in [2.05, 4.69) is 15.4 Å². The fourth-order valence-electron chi connectivity index (χ4n) is 2.80. The maximum Gasteiger partial charge on any atom is 0.573 e. The van der Waals surface area contributed by atoms with Crippen molar-refractivity contribution in [2.24, 2.45) is 0 Å². The molecule has 1 aromatic rings. The zero-order valence-corrected chi connectivity index (χ0v) is 14.0. The summed E-state index contributed by atoms with van der Waals surface area (Å²) in [4.78, 5) is 24.6. The standard InChI is InChI=1S/C16H20F3N3O4/c1-2-22(9-14(23)24)11-7-10(8-11)20-15(25)21-12-5-3-4-6-13(12)26-16(17,18)19/h3-6,10-11H,2,7-9H2,1H3,(H,23,24)(H2,20,21,25). The van der Waals surface area contributed by atoms with Gasteiger partial charge in [-0.3, -0.25) is 9.69 Å². The zero-order chi connectivity index (χ0) is 19.3. The molecule has 0 heterocycles. The lowest BCUT2D eigenvalue weighted by atomic mass is 9.85.